The monoisotopic (exact) mass is 187 g/mol. The van der Waals surface area contributed by atoms with E-state index in [9.17, 15) is 4.79 Å². The molecule has 0 fully saturated rings. The van der Waals surface area contributed by atoms with Crippen LogP contribution in [0, 0.1) is 0 Å². The van der Waals surface area contributed by atoms with Gasteiger partial charge in [0.2, 0.25) is 0 Å². The predicted molar refractivity (Wildman–Crippen MR) is 53.6 cm³/mol. The van der Waals surface area contributed by atoms with E-state index in [4.69, 9.17) is 0 Å². The third kappa shape index (κ3) is 9.34. The first-order valence-corrected chi connectivity index (χ1v) is 5.08. The zero-order valence-electron chi connectivity index (χ0n) is 8.77. The van der Waals surface area contributed by atoms with Gasteiger partial charge in [0.15, 0.2) is 0 Å². The Hall–Kier alpha value is -0.570. The summed E-state index contributed by atoms with van der Waals surface area (Å²) in [5.41, 5.74) is 0. The maximum Gasteiger partial charge on any atom is 0.305 e. The van der Waals surface area contributed by atoms with Crippen LogP contribution in [0.5, 0.6) is 0 Å². The molecule has 1 N–H and O–H groups in total. The number of carbonyl (C=O) groups excluding carboxylic acids is 1. The highest BCUT2D eigenvalue weighted by molar-refractivity contribution is 5.68. The van der Waals surface area contributed by atoms with Crippen molar-refractivity contribution in [2.24, 2.45) is 0 Å². The molecule has 0 aliphatic heterocycles. The van der Waals surface area contributed by atoms with E-state index in [-0.39, 0.29) is 5.97 Å². The van der Waals surface area contributed by atoms with Gasteiger partial charge in [-0.1, -0.05) is 19.8 Å². The summed E-state index contributed by atoms with van der Waals surface area (Å²) in [6.07, 6.45) is 5.05. The van der Waals surface area contributed by atoms with Gasteiger partial charge in [-0.15, -0.1) is 0 Å². The van der Waals surface area contributed by atoms with Gasteiger partial charge >= 0.3 is 5.97 Å². The molecule has 3 heteroatoms. The van der Waals surface area contributed by atoms with Crippen molar-refractivity contribution in [2.45, 2.75) is 39.0 Å². The Balaban J connectivity index is 2.95. The van der Waals surface area contributed by atoms with Gasteiger partial charge < -0.3 is 10.1 Å². The summed E-state index contributed by atoms with van der Waals surface area (Å²) in [5.74, 6) is -0.0910. The normalized spacial score (nSPS) is 10.0. The molecule has 0 rings (SSSR count). The molecule has 0 amide bonds. The number of unbranched alkanes of at least 4 members (excludes halogenated alkanes) is 3. The molecule has 0 spiro atoms. The minimum atomic E-state index is -0.0910. The quantitative estimate of drug-likeness (QED) is 0.464. The number of esters is 1. The van der Waals surface area contributed by atoms with Crippen molar-refractivity contribution < 1.29 is 9.53 Å². The van der Waals surface area contributed by atoms with Gasteiger partial charge in [0.25, 0.3) is 0 Å². The predicted octanol–water partition coefficient (Wildman–Crippen LogP) is 1.72. The molecular weight excluding hydrogens is 166 g/mol. The van der Waals surface area contributed by atoms with Crippen LogP contribution >= 0.6 is 0 Å². The van der Waals surface area contributed by atoms with Crippen molar-refractivity contribution >= 4 is 5.97 Å². The Morgan fingerprint density at radius 2 is 1.92 bits per heavy atom. The number of methoxy groups -OCH3 is 1. The average molecular weight is 187 g/mol. The van der Waals surface area contributed by atoms with E-state index in [1.165, 1.54) is 20.0 Å². The first kappa shape index (κ1) is 12.4. The largest absolute Gasteiger partial charge is 0.469 e. The summed E-state index contributed by atoms with van der Waals surface area (Å²) in [7, 11) is 1.44. The van der Waals surface area contributed by atoms with Gasteiger partial charge in [0.05, 0.1) is 7.11 Å². The van der Waals surface area contributed by atoms with Crippen LogP contribution < -0.4 is 5.32 Å². The van der Waals surface area contributed by atoms with E-state index in [0.717, 1.165) is 25.9 Å². The van der Waals surface area contributed by atoms with Crippen molar-refractivity contribution in [1.29, 1.82) is 0 Å². The van der Waals surface area contributed by atoms with Crippen LogP contribution in [0.4, 0.5) is 0 Å². The molecule has 0 saturated carbocycles. The number of hydrogen-bond acceptors (Lipinski definition) is 3. The fraction of sp³-hybridized carbons (Fsp3) is 0.900. The van der Waals surface area contributed by atoms with Gasteiger partial charge in [0.1, 0.15) is 0 Å². The lowest BCUT2D eigenvalue weighted by Crippen LogP contribution is -2.13. The Labute approximate surface area is 80.8 Å². The Bertz CT molecular complexity index is 126. The van der Waals surface area contributed by atoms with Gasteiger partial charge in [-0.25, -0.2) is 0 Å². The molecule has 13 heavy (non-hydrogen) atoms. The number of hydrogen-bond donors (Lipinski definition) is 1. The molecular formula is C10H21NO2. The molecule has 0 saturated heterocycles. The number of carbonyl (C=O) groups is 1. The van der Waals surface area contributed by atoms with Crippen molar-refractivity contribution in [2.75, 3.05) is 20.2 Å². The van der Waals surface area contributed by atoms with E-state index in [2.05, 4.69) is 17.0 Å². The lowest BCUT2D eigenvalue weighted by Gasteiger charge is -2.01. The zero-order chi connectivity index (χ0) is 9.94. The summed E-state index contributed by atoms with van der Waals surface area (Å²) >= 11 is 0. The van der Waals surface area contributed by atoms with E-state index in [1.54, 1.807) is 0 Å². The van der Waals surface area contributed by atoms with E-state index < -0.39 is 0 Å². The van der Waals surface area contributed by atoms with Gasteiger partial charge in [-0.2, -0.15) is 0 Å². The second-order valence-corrected chi connectivity index (χ2v) is 3.09. The topological polar surface area (TPSA) is 38.3 Å². The first-order chi connectivity index (χ1) is 6.31. The van der Waals surface area contributed by atoms with Crippen LogP contribution in [0.15, 0.2) is 0 Å². The minimum absolute atomic E-state index is 0.0910. The second kappa shape index (κ2) is 9.52. The van der Waals surface area contributed by atoms with Crippen molar-refractivity contribution in [3.8, 4) is 0 Å². The highest BCUT2D eigenvalue weighted by Gasteiger charge is 1.98. The summed E-state index contributed by atoms with van der Waals surface area (Å²) < 4.78 is 4.54. The summed E-state index contributed by atoms with van der Waals surface area (Å²) in [6, 6.07) is 0. The van der Waals surface area contributed by atoms with Crippen LogP contribution in [0.1, 0.15) is 39.0 Å². The van der Waals surface area contributed by atoms with E-state index in [0.29, 0.717) is 6.42 Å². The zero-order valence-corrected chi connectivity index (χ0v) is 8.77. The van der Waals surface area contributed by atoms with E-state index >= 15 is 0 Å². The lowest BCUT2D eigenvalue weighted by atomic mass is 10.1. The fourth-order valence-electron chi connectivity index (χ4n) is 1.15. The maximum atomic E-state index is 10.7. The molecule has 0 heterocycles. The second-order valence-electron chi connectivity index (χ2n) is 3.09. The smallest absolute Gasteiger partial charge is 0.305 e. The fourth-order valence-corrected chi connectivity index (χ4v) is 1.15. The molecule has 78 valence electrons. The number of rotatable bonds is 8. The maximum absolute atomic E-state index is 10.7. The standard InChI is InChI=1S/C10H21NO2/c1-3-11-9-7-5-4-6-8-10(12)13-2/h11H,3-9H2,1-2H3. The molecule has 0 aliphatic rings. The number of nitrogens with one attached hydrogen (secondary N) is 1. The van der Waals surface area contributed by atoms with Gasteiger partial charge in [-0.05, 0) is 25.9 Å². The van der Waals surface area contributed by atoms with Crippen LogP contribution in [-0.4, -0.2) is 26.2 Å². The highest BCUT2D eigenvalue weighted by Crippen LogP contribution is 2.02. The summed E-state index contributed by atoms with van der Waals surface area (Å²) in [6.45, 7) is 4.24. The van der Waals surface area contributed by atoms with Crippen LogP contribution in [-0.2, 0) is 9.53 Å². The van der Waals surface area contributed by atoms with Gasteiger partial charge in [-0.3, -0.25) is 4.79 Å². The average Bonchev–Trinajstić information content (AvgIpc) is 2.16. The third-order valence-electron chi connectivity index (χ3n) is 1.96. The molecule has 0 aromatic heterocycles. The summed E-state index contributed by atoms with van der Waals surface area (Å²) in [5, 5.41) is 3.27. The van der Waals surface area contributed by atoms with E-state index in [1.807, 2.05) is 0 Å². The lowest BCUT2D eigenvalue weighted by molar-refractivity contribution is -0.140. The molecule has 0 atom stereocenters. The molecule has 0 aromatic carbocycles. The third-order valence-corrected chi connectivity index (χ3v) is 1.96. The van der Waals surface area contributed by atoms with Crippen LogP contribution in [0.25, 0.3) is 0 Å². The molecule has 0 bridgehead atoms. The SMILES string of the molecule is CCNCCCCCCC(=O)OC. The Morgan fingerprint density at radius 3 is 2.54 bits per heavy atom. The Morgan fingerprint density at radius 1 is 1.23 bits per heavy atom. The molecule has 0 radical (unpaired) electrons. The first-order valence-electron chi connectivity index (χ1n) is 5.08. The summed E-state index contributed by atoms with van der Waals surface area (Å²) in [4.78, 5) is 10.7. The van der Waals surface area contributed by atoms with Crippen LogP contribution in [0.2, 0.25) is 0 Å². The van der Waals surface area contributed by atoms with Crippen LogP contribution in [0.3, 0.4) is 0 Å². The minimum Gasteiger partial charge on any atom is -0.469 e. The number of ether oxygens (including phenoxy) is 1. The Kier molecular flexibility index (Phi) is 9.10. The van der Waals surface area contributed by atoms with Crippen molar-refractivity contribution in [3.63, 3.8) is 0 Å². The molecule has 0 aromatic rings. The van der Waals surface area contributed by atoms with Crippen molar-refractivity contribution in [3.05, 3.63) is 0 Å². The molecule has 0 unspecified atom stereocenters. The molecule has 0 aliphatic carbocycles. The highest BCUT2D eigenvalue weighted by atomic mass is 16.5. The van der Waals surface area contributed by atoms with Gasteiger partial charge in [0, 0.05) is 6.42 Å². The molecule has 3 nitrogen and oxygen atoms in total. The van der Waals surface area contributed by atoms with Crippen molar-refractivity contribution in [1.82, 2.24) is 5.32 Å².